The van der Waals surface area contributed by atoms with Gasteiger partial charge in [0.1, 0.15) is 0 Å². The molecule has 0 aromatic rings. The second-order valence-corrected chi connectivity index (χ2v) is 7.89. The molecule has 4 nitrogen and oxygen atoms in total. The first-order chi connectivity index (χ1) is 7.35. The highest BCUT2D eigenvalue weighted by atomic mass is 32.2. The summed E-state index contributed by atoms with van der Waals surface area (Å²) in [6.07, 6.45) is 5.91. The molecule has 16 heavy (non-hydrogen) atoms. The van der Waals surface area contributed by atoms with Crippen molar-refractivity contribution in [2.24, 2.45) is 17.8 Å². The lowest BCUT2D eigenvalue weighted by Gasteiger charge is -2.57. The van der Waals surface area contributed by atoms with E-state index in [0.29, 0.717) is 17.8 Å². The highest BCUT2D eigenvalue weighted by molar-refractivity contribution is 7.88. The molecule has 4 rings (SSSR count). The van der Waals surface area contributed by atoms with Crippen LogP contribution >= 0.6 is 0 Å². The van der Waals surface area contributed by atoms with Gasteiger partial charge in [0.2, 0.25) is 10.0 Å². The molecule has 4 aliphatic carbocycles. The van der Waals surface area contributed by atoms with Crippen LogP contribution in [0.1, 0.15) is 32.1 Å². The monoisotopic (exact) mass is 245 g/mol. The molecular formula is C11H19NO3S. The van der Waals surface area contributed by atoms with Crippen LogP contribution in [0.25, 0.3) is 0 Å². The second-order valence-electron chi connectivity index (χ2n) is 6.11. The van der Waals surface area contributed by atoms with Crippen LogP contribution in [0, 0.1) is 17.8 Å². The van der Waals surface area contributed by atoms with Crippen LogP contribution in [-0.4, -0.2) is 31.4 Å². The molecule has 4 bridgehead atoms. The summed E-state index contributed by atoms with van der Waals surface area (Å²) in [5, 5.41) is 10.3. The second kappa shape index (κ2) is 3.21. The maximum absolute atomic E-state index is 11.3. The zero-order valence-electron chi connectivity index (χ0n) is 9.52. The zero-order valence-corrected chi connectivity index (χ0v) is 10.3. The molecule has 0 radical (unpaired) electrons. The number of sulfonamides is 1. The Kier molecular flexibility index (Phi) is 2.20. The van der Waals surface area contributed by atoms with Crippen LogP contribution in [0.2, 0.25) is 0 Å². The number of hydrogen-bond donors (Lipinski definition) is 2. The lowest BCUT2D eigenvalue weighted by Crippen LogP contribution is -2.61. The zero-order chi connectivity index (χ0) is 11.6. The van der Waals surface area contributed by atoms with Crippen LogP contribution in [-0.2, 0) is 10.0 Å². The molecular weight excluding hydrogens is 226 g/mol. The minimum Gasteiger partial charge on any atom is -0.390 e. The summed E-state index contributed by atoms with van der Waals surface area (Å²) in [5.74, 6) is 1.33. The Morgan fingerprint density at radius 3 is 2.19 bits per heavy atom. The van der Waals surface area contributed by atoms with Crippen molar-refractivity contribution in [3.8, 4) is 0 Å². The van der Waals surface area contributed by atoms with Crippen LogP contribution in [0.3, 0.4) is 0 Å². The average molecular weight is 245 g/mol. The molecule has 0 aromatic carbocycles. The van der Waals surface area contributed by atoms with Crippen molar-refractivity contribution in [2.45, 2.75) is 43.7 Å². The molecule has 0 aromatic heterocycles. The van der Waals surface area contributed by atoms with Gasteiger partial charge in [-0.2, -0.15) is 0 Å². The van der Waals surface area contributed by atoms with Crippen molar-refractivity contribution >= 4 is 10.0 Å². The van der Waals surface area contributed by atoms with E-state index < -0.39 is 15.6 Å². The van der Waals surface area contributed by atoms with E-state index in [1.807, 2.05) is 0 Å². The van der Waals surface area contributed by atoms with Crippen molar-refractivity contribution in [2.75, 3.05) is 6.26 Å². The topological polar surface area (TPSA) is 66.4 Å². The molecule has 2 atom stereocenters. The van der Waals surface area contributed by atoms with Gasteiger partial charge >= 0.3 is 0 Å². The van der Waals surface area contributed by atoms with E-state index in [4.69, 9.17) is 0 Å². The quantitative estimate of drug-likeness (QED) is 0.743. The molecule has 2 unspecified atom stereocenters. The van der Waals surface area contributed by atoms with Gasteiger partial charge in [-0.15, -0.1) is 0 Å². The minimum atomic E-state index is -3.12. The van der Waals surface area contributed by atoms with Crippen LogP contribution in [0.15, 0.2) is 0 Å². The predicted molar refractivity (Wildman–Crippen MR) is 60.3 cm³/mol. The Labute approximate surface area is 96.5 Å². The third-order valence-electron chi connectivity index (χ3n) is 4.59. The Morgan fingerprint density at radius 2 is 1.75 bits per heavy atom. The number of hydrogen-bond acceptors (Lipinski definition) is 3. The van der Waals surface area contributed by atoms with E-state index in [1.54, 1.807) is 0 Å². The maximum Gasteiger partial charge on any atom is 0.208 e. The largest absolute Gasteiger partial charge is 0.390 e. The molecule has 0 aliphatic heterocycles. The highest BCUT2D eigenvalue weighted by Crippen LogP contribution is 2.55. The van der Waals surface area contributed by atoms with Gasteiger partial charge in [-0.25, -0.2) is 13.1 Å². The average Bonchev–Trinajstić information content (AvgIpc) is 2.06. The molecule has 92 valence electrons. The molecule has 0 spiro atoms. The van der Waals surface area contributed by atoms with Gasteiger partial charge in [-0.1, -0.05) is 0 Å². The summed E-state index contributed by atoms with van der Waals surface area (Å²) < 4.78 is 25.4. The molecule has 4 fully saturated rings. The number of rotatable bonds is 2. The van der Waals surface area contributed by atoms with E-state index >= 15 is 0 Å². The Hall–Kier alpha value is -0.130. The van der Waals surface area contributed by atoms with Gasteiger partial charge in [0.25, 0.3) is 0 Å². The van der Waals surface area contributed by atoms with E-state index in [2.05, 4.69) is 4.72 Å². The minimum absolute atomic E-state index is 0.0758. The van der Waals surface area contributed by atoms with Gasteiger partial charge in [-0.3, -0.25) is 0 Å². The lowest BCUT2D eigenvalue weighted by atomic mass is 9.52. The fraction of sp³-hybridized carbons (Fsp3) is 1.00. The van der Waals surface area contributed by atoms with Crippen LogP contribution < -0.4 is 4.72 Å². The summed E-state index contributed by atoms with van der Waals surface area (Å²) in [6.45, 7) is 0. The standard InChI is InChI=1S/C11H19NO3S/c1-16(14,15)12-10-8-2-7-3-9(10)6-11(13,4-7)5-8/h7-10,12-13H,2-6H2,1H3. The van der Waals surface area contributed by atoms with Crippen molar-refractivity contribution in [1.82, 2.24) is 4.72 Å². The molecule has 2 N–H and O–H groups in total. The summed E-state index contributed by atoms with van der Waals surface area (Å²) in [4.78, 5) is 0. The summed E-state index contributed by atoms with van der Waals surface area (Å²) in [7, 11) is -3.12. The third-order valence-corrected chi connectivity index (χ3v) is 5.29. The van der Waals surface area contributed by atoms with Crippen molar-refractivity contribution in [1.29, 1.82) is 0 Å². The van der Waals surface area contributed by atoms with E-state index in [0.717, 1.165) is 32.1 Å². The highest BCUT2D eigenvalue weighted by Gasteiger charge is 2.55. The fourth-order valence-electron chi connectivity index (χ4n) is 4.42. The van der Waals surface area contributed by atoms with Crippen LogP contribution in [0.4, 0.5) is 0 Å². The maximum atomic E-state index is 11.3. The normalized spacial score (nSPS) is 50.9. The summed E-state index contributed by atoms with van der Waals surface area (Å²) in [6, 6.07) is 0.0758. The molecule has 0 saturated heterocycles. The van der Waals surface area contributed by atoms with Crippen molar-refractivity contribution in [3.05, 3.63) is 0 Å². The van der Waals surface area contributed by atoms with Gasteiger partial charge < -0.3 is 5.11 Å². The summed E-state index contributed by atoms with van der Waals surface area (Å²) >= 11 is 0. The number of aliphatic hydroxyl groups is 1. The van der Waals surface area contributed by atoms with Crippen molar-refractivity contribution < 1.29 is 13.5 Å². The molecule has 0 heterocycles. The Morgan fingerprint density at radius 1 is 1.19 bits per heavy atom. The third kappa shape index (κ3) is 1.79. The van der Waals surface area contributed by atoms with Gasteiger partial charge in [-0.05, 0) is 49.9 Å². The molecule has 4 saturated carbocycles. The summed E-state index contributed by atoms with van der Waals surface area (Å²) in [5.41, 5.74) is -0.480. The number of nitrogens with one attached hydrogen (secondary N) is 1. The molecule has 5 heteroatoms. The van der Waals surface area contributed by atoms with Gasteiger partial charge in [0, 0.05) is 6.04 Å². The van der Waals surface area contributed by atoms with E-state index in [1.165, 1.54) is 6.26 Å². The van der Waals surface area contributed by atoms with Gasteiger partial charge in [0.05, 0.1) is 11.9 Å². The lowest BCUT2D eigenvalue weighted by molar-refractivity contribution is -0.135. The fourth-order valence-corrected chi connectivity index (χ4v) is 5.30. The first-order valence-electron chi connectivity index (χ1n) is 6.04. The van der Waals surface area contributed by atoms with E-state index in [9.17, 15) is 13.5 Å². The van der Waals surface area contributed by atoms with E-state index in [-0.39, 0.29) is 6.04 Å². The predicted octanol–water partition coefficient (Wildman–Crippen LogP) is 0.475. The Balaban J connectivity index is 1.84. The SMILES string of the molecule is CS(=O)(=O)NC1C2CC3CC1CC(O)(C3)C2. The Bertz CT molecular complexity index is 389. The first kappa shape index (κ1) is 11.0. The van der Waals surface area contributed by atoms with Crippen LogP contribution in [0.5, 0.6) is 0 Å². The molecule has 0 amide bonds. The molecule has 4 aliphatic rings. The smallest absolute Gasteiger partial charge is 0.208 e. The van der Waals surface area contributed by atoms with Gasteiger partial charge in [0.15, 0.2) is 0 Å². The van der Waals surface area contributed by atoms with Crippen molar-refractivity contribution in [3.63, 3.8) is 0 Å². The first-order valence-corrected chi connectivity index (χ1v) is 7.93.